The van der Waals surface area contributed by atoms with Gasteiger partial charge in [-0.15, -0.1) is 0 Å². The minimum absolute atomic E-state index is 0.0800. The molecular formula is C37H38N4O5. The van der Waals surface area contributed by atoms with Crippen LogP contribution in [0.1, 0.15) is 40.7 Å². The Bertz CT molecular complexity index is 1710. The van der Waals surface area contributed by atoms with E-state index in [9.17, 15) is 14.4 Å². The minimum Gasteiger partial charge on any atom is -0.490 e. The van der Waals surface area contributed by atoms with Crippen molar-refractivity contribution >= 4 is 29.2 Å². The lowest BCUT2D eigenvalue weighted by atomic mass is 9.94. The van der Waals surface area contributed by atoms with Gasteiger partial charge in [-0.1, -0.05) is 72.8 Å². The molecule has 236 valence electrons. The van der Waals surface area contributed by atoms with Crippen LogP contribution in [-0.4, -0.2) is 54.6 Å². The van der Waals surface area contributed by atoms with Crippen LogP contribution in [0.25, 0.3) is 11.1 Å². The number of urea groups is 1. The average Bonchev–Trinajstić information content (AvgIpc) is 3.07. The molecule has 4 aromatic rings. The molecular weight excluding hydrogens is 580 g/mol. The van der Waals surface area contributed by atoms with Crippen molar-refractivity contribution < 1.29 is 23.9 Å². The first-order valence-corrected chi connectivity index (χ1v) is 15.6. The fourth-order valence-corrected chi connectivity index (χ4v) is 6.03. The van der Waals surface area contributed by atoms with Crippen LogP contribution < -0.4 is 20.7 Å². The molecule has 9 nitrogen and oxygen atoms in total. The number of aryl methyl sites for hydroxylation is 1. The first-order chi connectivity index (χ1) is 22.3. The lowest BCUT2D eigenvalue weighted by Gasteiger charge is -2.42. The van der Waals surface area contributed by atoms with Gasteiger partial charge in [-0.3, -0.25) is 9.59 Å². The Kier molecular flexibility index (Phi) is 9.30. The Morgan fingerprint density at radius 3 is 2.39 bits per heavy atom. The van der Waals surface area contributed by atoms with Crippen molar-refractivity contribution in [3.05, 3.63) is 114 Å². The smallest absolute Gasteiger partial charge is 0.323 e. The summed E-state index contributed by atoms with van der Waals surface area (Å²) < 4.78 is 12.4. The maximum atomic E-state index is 13.6. The molecule has 2 aliphatic heterocycles. The molecule has 0 saturated carbocycles. The lowest BCUT2D eigenvalue weighted by molar-refractivity contribution is -0.134. The van der Waals surface area contributed by atoms with E-state index in [2.05, 4.69) is 40.2 Å². The Balaban J connectivity index is 1.03. The molecule has 0 aliphatic carbocycles. The van der Waals surface area contributed by atoms with Gasteiger partial charge in [0.15, 0.2) is 0 Å². The standard InChI is InChI=1S/C37H38N4O5/c1-24-8-6-7-11-31(24)40-37(44)39-28-16-19-33-30(20-28)36(43)41(2)32-18-17-29(46-34(32)23-45-33)21-35(42)38-22-25-12-14-27(15-13-25)26-9-4-3-5-10-26/h3-16,19-20,29,32,34H,17-18,21-23H2,1-2H3,(H,38,42)(H2,39,40,44)/t29-,32-,34-/m0/s1. The summed E-state index contributed by atoms with van der Waals surface area (Å²) in [5.41, 5.74) is 5.80. The molecule has 2 heterocycles. The van der Waals surface area contributed by atoms with E-state index in [-0.39, 0.29) is 43.1 Å². The van der Waals surface area contributed by atoms with Crippen LogP contribution in [0, 0.1) is 6.92 Å². The maximum Gasteiger partial charge on any atom is 0.323 e. The zero-order valence-electron chi connectivity index (χ0n) is 26.0. The fourth-order valence-electron chi connectivity index (χ4n) is 6.03. The highest BCUT2D eigenvalue weighted by Crippen LogP contribution is 2.32. The van der Waals surface area contributed by atoms with Crippen molar-refractivity contribution in [1.82, 2.24) is 10.2 Å². The number of benzene rings is 4. The summed E-state index contributed by atoms with van der Waals surface area (Å²) in [5.74, 6) is 0.122. The largest absolute Gasteiger partial charge is 0.490 e. The third-order valence-corrected chi connectivity index (χ3v) is 8.63. The third kappa shape index (κ3) is 7.21. The van der Waals surface area contributed by atoms with Gasteiger partial charge in [0, 0.05) is 25.0 Å². The minimum atomic E-state index is -0.404. The zero-order valence-corrected chi connectivity index (χ0v) is 26.0. The summed E-state index contributed by atoms with van der Waals surface area (Å²) in [6.07, 6.45) is 0.911. The Morgan fingerprint density at radius 1 is 0.870 bits per heavy atom. The summed E-state index contributed by atoms with van der Waals surface area (Å²) in [5, 5.41) is 8.66. The second-order valence-corrected chi connectivity index (χ2v) is 11.8. The van der Waals surface area contributed by atoms with E-state index in [1.54, 1.807) is 30.1 Å². The third-order valence-electron chi connectivity index (χ3n) is 8.63. The van der Waals surface area contributed by atoms with Gasteiger partial charge in [-0.2, -0.15) is 0 Å². The predicted octanol–water partition coefficient (Wildman–Crippen LogP) is 6.39. The van der Waals surface area contributed by atoms with Crippen molar-refractivity contribution in [1.29, 1.82) is 0 Å². The van der Waals surface area contributed by atoms with Crippen LogP contribution in [-0.2, 0) is 16.1 Å². The maximum absolute atomic E-state index is 13.6. The second-order valence-electron chi connectivity index (χ2n) is 11.8. The fraction of sp³-hybridized carbons (Fsp3) is 0.270. The highest BCUT2D eigenvalue weighted by atomic mass is 16.5. The molecule has 0 bridgehead atoms. The number of fused-ring (bicyclic) bond motifs is 2. The van der Waals surface area contributed by atoms with Crippen molar-refractivity contribution in [2.45, 2.75) is 51.0 Å². The summed E-state index contributed by atoms with van der Waals surface area (Å²) >= 11 is 0. The van der Waals surface area contributed by atoms with Gasteiger partial charge >= 0.3 is 6.03 Å². The summed E-state index contributed by atoms with van der Waals surface area (Å²) in [7, 11) is 1.76. The number of nitrogens with zero attached hydrogens (tertiary/aromatic N) is 1. The molecule has 0 radical (unpaired) electrons. The summed E-state index contributed by atoms with van der Waals surface area (Å²) in [6, 6.07) is 30.3. The predicted molar refractivity (Wildman–Crippen MR) is 178 cm³/mol. The molecule has 2 aliphatic rings. The van der Waals surface area contributed by atoms with E-state index in [4.69, 9.17) is 9.47 Å². The molecule has 46 heavy (non-hydrogen) atoms. The number of carbonyl (C=O) groups excluding carboxylic acids is 3. The van der Waals surface area contributed by atoms with Gasteiger partial charge in [0.2, 0.25) is 5.91 Å². The molecule has 1 fully saturated rings. The molecule has 4 amide bonds. The quantitative estimate of drug-likeness (QED) is 0.222. The number of anilines is 2. The molecule has 3 atom stereocenters. The molecule has 6 rings (SSSR count). The SMILES string of the molecule is Cc1ccccc1NC(=O)Nc1ccc2c(c1)C(=O)N(C)[C@H]1CC[C@@H](CC(=O)NCc3ccc(-c4ccccc4)cc3)O[C@H]1CO2. The number of hydrogen-bond acceptors (Lipinski definition) is 5. The monoisotopic (exact) mass is 618 g/mol. The zero-order chi connectivity index (χ0) is 32.0. The Hall–Kier alpha value is -5.15. The van der Waals surface area contributed by atoms with E-state index in [1.165, 1.54) is 0 Å². The Morgan fingerprint density at radius 2 is 1.61 bits per heavy atom. The highest BCUT2D eigenvalue weighted by molar-refractivity contribution is 6.02. The van der Waals surface area contributed by atoms with E-state index in [0.717, 1.165) is 22.3 Å². The molecule has 9 heteroatoms. The number of ether oxygens (including phenoxy) is 2. The molecule has 4 aromatic carbocycles. The van der Waals surface area contributed by atoms with Crippen LogP contribution in [0.2, 0.25) is 0 Å². The average molecular weight is 619 g/mol. The van der Waals surface area contributed by atoms with Crippen LogP contribution in [0.15, 0.2) is 97.1 Å². The number of hydrogen-bond donors (Lipinski definition) is 3. The molecule has 0 unspecified atom stereocenters. The van der Waals surface area contributed by atoms with Crippen molar-refractivity contribution in [2.75, 3.05) is 24.3 Å². The van der Waals surface area contributed by atoms with Crippen molar-refractivity contribution in [2.24, 2.45) is 0 Å². The normalized spacial score (nSPS) is 19.0. The summed E-state index contributed by atoms with van der Waals surface area (Å²) in [6.45, 7) is 2.59. The van der Waals surface area contributed by atoms with E-state index >= 15 is 0 Å². The van der Waals surface area contributed by atoms with Crippen LogP contribution in [0.4, 0.5) is 16.2 Å². The number of likely N-dealkylation sites (N-methyl/N-ethyl adjacent to an activating group) is 1. The molecule has 3 N–H and O–H groups in total. The molecule has 0 spiro atoms. The van der Waals surface area contributed by atoms with E-state index < -0.39 is 6.03 Å². The number of para-hydroxylation sites is 1. The second kappa shape index (κ2) is 13.9. The number of nitrogens with one attached hydrogen (secondary N) is 3. The first-order valence-electron chi connectivity index (χ1n) is 15.6. The van der Waals surface area contributed by atoms with Crippen molar-refractivity contribution in [3.63, 3.8) is 0 Å². The Labute approximate surface area is 268 Å². The molecule has 1 saturated heterocycles. The van der Waals surface area contributed by atoms with Crippen molar-refractivity contribution in [3.8, 4) is 16.9 Å². The van der Waals surface area contributed by atoms with Gasteiger partial charge < -0.3 is 30.3 Å². The topological polar surface area (TPSA) is 109 Å². The van der Waals surface area contributed by atoms with Crippen LogP contribution in [0.3, 0.4) is 0 Å². The van der Waals surface area contributed by atoms with Gasteiger partial charge in [0.25, 0.3) is 5.91 Å². The van der Waals surface area contributed by atoms with Gasteiger partial charge in [0.1, 0.15) is 18.5 Å². The van der Waals surface area contributed by atoms with E-state index in [1.807, 2.05) is 61.5 Å². The van der Waals surface area contributed by atoms with E-state index in [0.29, 0.717) is 42.1 Å². The number of rotatable bonds is 7. The van der Waals surface area contributed by atoms with Gasteiger partial charge in [0.05, 0.1) is 24.1 Å². The lowest BCUT2D eigenvalue weighted by Crippen LogP contribution is -2.53. The first kappa shape index (κ1) is 30.9. The van der Waals surface area contributed by atoms with Crippen LogP contribution in [0.5, 0.6) is 5.75 Å². The highest BCUT2D eigenvalue weighted by Gasteiger charge is 2.39. The number of amides is 4. The van der Waals surface area contributed by atoms with Gasteiger partial charge in [-0.05, 0) is 66.3 Å². The molecule has 0 aromatic heterocycles. The summed E-state index contributed by atoms with van der Waals surface area (Å²) in [4.78, 5) is 40.8. The van der Waals surface area contributed by atoms with Gasteiger partial charge in [-0.25, -0.2) is 4.79 Å². The number of carbonyl (C=O) groups is 3. The van der Waals surface area contributed by atoms with Crippen LogP contribution >= 0.6 is 0 Å².